The summed E-state index contributed by atoms with van der Waals surface area (Å²) in [6.07, 6.45) is 5.70. The number of unbranched alkanes of at least 4 members (excludes halogenated alkanes) is 1. The monoisotopic (exact) mass is 298 g/mol. The number of hydrogen-bond acceptors (Lipinski definition) is 3. The minimum absolute atomic E-state index is 0.273. The van der Waals surface area contributed by atoms with Crippen LogP contribution in [0.15, 0.2) is 0 Å². The molecule has 0 aromatic carbocycles. The Kier molecular flexibility index (Phi) is 6.02. The quantitative estimate of drug-likeness (QED) is 0.546. The molecule has 1 unspecified atom stereocenters. The van der Waals surface area contributed by atoms with E-state index in [0.29, 0.717) is 5.91 Å². The van der Waals surface area contributed by atoms with E-state index in [-0.39, 0.29) is 6.23 Å². The molecule has 0 aliphatic carbocycles. The molecule has 0 saturated carbocycles. The van der Waals surface area contributed by atoms with Crippen LogP contribution in [0.4, 0.5) is 0 Å². The molecule has 2 saturated heterocycles. The summed E-state index contributed by atoms with van der Waals surface area (Å²) in [5.41, 5.74) is 0. The van der Waals surface area contributed by atoms with Crippen molar-refractivity contribution in [1.29, 1.82) is 0 Å². The fraction of sp³-hybridized carbons (Fsp3) is 0.938. The molecule has 2 fully saturated rings. The van der Waals surface area contributed by atoms with Gasteiger partial charge in [-0.1, -0.05) is 0 Å². The molecule has 2 rings (SSSR count). The van der Waals surface area contributed by atoms with Gasteiger partial charge in [0.15, 0.2) is 6.23 Å². The van der Waals surface area contributed by atoms with Crippen LogP contribution >= 0.6 is 0 Å². The van der Waals surface area contributed by atoms with E-state index < -0.39 is 0 Å². The number of carbonyl (C=O) groups is 1. The SMILES string of the molecule is CC[N+](CC)(CCCCN1CCCC1=O)N1CCCC1O. The normalized spacial score (nSPS) is 24.2. The third kappa shape index (κ3) is 3.76. The van der Waals surface area contributed by atoms with Gasteiger partial charge in [-0.05, 0) is 39.5 Å². The molecule has 0 spiro atoms. The minimum Gasteiger partial charge on any atom is -0.373 e. The number of carbonyl (C=O) groups excluding carboxylic acids is 1. The van der Waals surface area contributed by atoms with Gasteiger partial charge >= 0.3 is 0 Å². The first kappa shape index (κ1) is 16.7. The number of likely N-dealkylation sites (tertiary alicyclic amines) is 1. The number of aliphatic hydroxyl groups is 1. The van der Waals surface area contributed by atoms with Gasteiger partial charge in [0.05, 0.1) is 26.2 Å². The lowest BCUT2D eigenvalue weighted by molar-refractivity contribution is -1.04. The second kappa shape index (κ2) is 7.56. The first-order valence-electron chi connectivity index (χ1n) is 8.72. The number of rotatable bonds is 8. The first-order chi connectivity index (χ1) is 10.1. The van der Waals surface area contributed by atoms with Gasteiger partial charge in [0.2, 0.25) is 5.91 Å². The van der Waals surface area contributed by atoms with Gasteiger partial charge in [0, 0.05) is 25.9 Å². The molecule has 0 aromatic heterocycles. The zero-order chi connectivity index (χ0) is 15.3. The lowest BCUT2D eigenvalue weighted by Crippen LogP contribution is -2.62. The van der Waals surface area contributed by atoms with Crippen LogP contribution < -0.4 is 0 Å². The lowest BCUT2D eigenvalue weighted by atomic mass is 10.2. The zero-order valence-electron chi connectivity index (χ0n) is 13.8. The molecule has 0 bridgehead atoms. The Labute approximate surface area is 129 Å². The van der Waals surface area contributed by atoms with Gasteiger partial charge in [-0.3, -0.25) is 4.79 Å². The molecule has 21 heavy (non-hydrogen) atoms. The Balaban J connectivity index is 1.81. The van der Waals surface area contributed by atoms with Crippen molar-refractivity contribution in [2.75, 3.05) is 39.3 Å². The predicted octanol–water partition coefficient (Wildman–Crippen LogP) is 1.57. The van der Waals surface area contributed by atoms with E-state index in [1.54, 1.807) is 0 Å². The van der Waals surface area contributed by atoms with Crippen molar-refractivity contribution >= 4 is 5.91 Å². The van der Waals surface area contributed by atoms with E-state index in [1.165, 1.54) is 0 Å². The third-order valence-corrected chi connectivity index (χ3v) is 5.34. The molecule has 1 N–H and O–H groups in total. The van der Waals surface area contributed by atoms with Gasteiger partial charge < -0.3 is 10.0 Å². The summed E-state index contributed by atoms with van der Waals surface area (Å²) in [5.74, 6) is 0.330. The van der Waals surface area contributed by atoms with Crippen LogP contribution in [0.3, 0.4) is 0 Å². The fourth-order valence-electron chi connectivity index (χ4n) is 3.91. The molecule has 2 heterocycles. The van der Waals surface area contributed by atoms with E-state index >= 15 is 0 Å². The number of nitrogens with zero attached hydrogens (tertiary/aromatic N) is 3. The molecular formula is C16H32N3O2+. The van der Waals surface area contributed by atoms with Crippen LogP contribution in [0.5, 0.6) is 0 Å². The van der Waals surface area contributed by atoms with Crippen molar-refractivity contribution < 1.29 is 14.5 Å². The van der Waals surface area contributed by atoms with E-state index in [2.05, 4.69) is 18.9 Å². The lowest BCUT2D eigenvalue weighted by Gasteiger charge is -2.44. The highest BCUT2D eigenvalue weighted by Crippen LogP contribution is 2.25. The summed E-state index contributed by atoms with van der Waals surface area (Å²) in [6.45, 7) is 10.5. The topological polar surface area (TPSA) is 43.8 Å². The number of quaternary nitrogens is 1. The van der Waals surface area contributed by atoms with Gasteiger partial charge in [-0.15, -0.1) is 5.01 Å². The van der Waals surface area contributed by atoms with Crippen molar-refractivity contribution in [3.63, 3.8) is 0 Å². The predicted molar refractivity (Wildman–Crippen MR) is 83.2 cm³/mol. The van der Waals surface area contributed by atoms with Crippen molar-refractivity contribution in [3.8, 4) is 0 Å². The minimum atomic E-state index is -0.273. The zero-order valence-corrected chi connectivity index (χ0v) is 13.8. The molecule has 0 aromatic rings. The van der Waals surface area contributed by atoms with Crippen molar-refractivity contribution in [2.24, 2.45) is 0 Å². The van der Waals surface area contributed by atoms with Crippen LogP contribution in [0.1, 0.15) is 52.4 Å². The van der Waals surface area contributed by atoms with Crippen molar-refractivity contribution in [1.82, 2.24) is 9.91 Å². The standard InChI is InChI=1S/C16H32N3O2/c1-3-19(4-2,18-13-8-10-16(18)21)14-6-5-11-17-12-7-9-15(17)20/h16,21H,3-14H2,1-2H3/q+1. The Morgan fingerprint density at radius 2 is 1.95 bits per heavy atom. The molecule has 5 heteroatoms. The number of hydrogen-bond donors (Lipinski definition) is 1. The van der Waals surface area contributed by atoms with Gasteiger partial charge in [0.1, 0.15) is 0 Å². The largest absolute Gasteiger partial charge is 0.373 e. The summed E-state index contributed by atoms with van der Waals surface area (Å²) in [4.78, 5) is 13.6. The summed E-state index contributed by atoms with van der Waals surface area (Å²) in [7, 11) is 0. The van der Waals surface area contributed by atoms with E-state index in [0.717, 1.165) is 82.4 Å². The maximum atomic E-state index is 11.6. The van der Waals surface area contributed by atoms with Crippen LogP contribution in [-0.4, -0.2) is 71.0 Å². The van der Waals surface area contributed by atoms with Crippen LogP contribution in [0.25, 0.3) is 0 Å². The first-order valence-corrected chi connectivity index (χ1v) is 8.72. The van der Waals surface area contributed by atoms with Crippen molar-refractivity contribution in [2.45, 2.75) is 58.6 Å². The maximum absolute atomic E-state index is 11.6. The molecular weight excluding hydrogens is 266 g/mol. The van der Waals surface area contributed by atoms with Crippen molar-refractivity contribution in [3.05, 3.63) is 0 Å². The fourth-order valence-corrected chi connectivity index (χ4v) is 3.91. The van der Waals surface area contributed by atoms with E-state index in [1.807, 2.05) is 4.90 Å². The Morgan fingerprint density at radius 3 is 2.48 bits per heavy atom. The highest BCUT2D eigenvalue weighted by Gasteiger charge is 2.39. The van der Waals surface area contributed by atoms with E-state index in [9.17, 15) is 9.90 Å². The summed E-state index contributed by atoms with van der Waals surface area (Å²) < 4.78 is 0.898. The Bertz CT molecular complexity index is 344. The second-order valence-corrected chi connectivity index (χ2v) is 6.43. The highest BCUT2D eigenvalue weighted by atomic mass is 16.3. The molecule has 1 atom stereocenters. The van der Waals surface area contributed by atoms with Crippen LogP contribution in [-0.2, 0) is 4.79 Å². The second-order valence-electron chi connectivity index (χ2n) is 6.43. The maximum Gasteiger partial charge on any atom is 0.222 e. The Morgan fingerprint density at radius 1 is 1.19 bits per heavy atom. The van der Waals surface area contributed by atoms with Gasteiger partial charge in [-0.2, -0.15) is 0 Å². The van der Waals surface area contributed by atoms with E-state index in [4.69, 9.17) is 0 Å². The van der Waals surface area contributed by atoms with Crippen LogP contribution in [0.2, 0.25) is 0 Å². The average molecular weight is 298 g/mol. The Hall–Kier alpha value is -0.650. The summed E-state index contributed by atoms with van der Waals surface area (Å²) in [5, 5.41) is 12.5. The molecule has 122 valence electrons. The third-order valence-electron chi connectivity index (χ3n) is 5.34. The number of amides is 1. The summed E-state index contributed by atoms with van der Waals surface area (Å²) >= 11 is 0. The highest BCUT2D eigenvalue weighted by molar-refractivity contribution is 5.77. The average Bonchev–Trinajstić information content (AvgIpc) is 3.09. The smallest absolute Gasteiger partial charge is 0.222 e. The van der Waals surface area contributed by atoms with Crippen LogP contribution in [0, 0.1) is 0 Å². The molecule has 0 radical (unpaired) electrons. The summed E-state index contributed by atoms with van der Waals surface area (Å²) in [6, 6.07) is 0. The number of aliphatic hydroxyl groups excluding tert-OH is 1. The molecule has 2 aliphatic rings. The van der Waals surface area contributed by atoms with Gasteiger partial charge in [0.25, 0.3) is 0 Å². The molecule has 1 amide bonds. The molecule has 2 aliphatic heterocycles. The van der Waals surface area contributed by atoms with Gasteiger partial charge in [-0.25, -0.2) is 4.59 Å². The molecule has 5 nitrogen and oxygen atoms in total.